The molecule has 1 fully saturated rings. The molecule has 1 aliphatic carbocycles. The zero-order valence-electron chi connectivity index (χ0n) is 17.0. The van der Waals surface area contributed by atoms with Crippen LogP contribution in [0.4, 0.5) is 18.9 Å². The number of fused-ring (bicyclic) bond motifs is 1. The number of pyridine rings is 1. The molecule has 0 saturated heterocycles. The van der Waals surface area contributed by atoms with Crippen molar-refractivity contribution in [1.29, 1.82) is 0 Å². The van der Waals surface area contributed by atoms with Crippen LogP contribution in [-0.4, -0.2) is 25.7 Å². The van der Waals surface area contributed by atoms with E-state index < -0.39 is 11.7 Å². The molecule has 3 aromatic heterocycles. The zero-order valence-corrected chi connectivity index (χ0v) is 17.0. The Kier molecular flexibility index (Phi) is 4.96. The number of hydrogen-bond donors (Lipinski definition) is 2. The molecule has 4 aromatic rings. The molecule has 0 unspecified atom stereocenters. The van der Waals surface area contributed by atoms with E-state index in [-0.39, 0.29) is 18.4 Å². The van der Waals surface area contributed by atoms with E-state index in [4.69, 9.17) is 0 Å². The lowest BCUT2D eigenvalue weighted by Crippen LogP contribution is -2.27. The minimum absolute atomic E-state index is 0.0550. The van der Waals surface area contributed by atoms with Crippen molar-refractivity contribution >= 4 is 22.5 Å². The van der Waals surface area contributed by atoms with Crippen LogP contribution in [0.1, 0.15) is 30.5 Å². The third-order valence-electron chi connectivity index (χ3n) is 5.86. The maximum atomic E-state index is 12.7. The molecule has 2 N–H and O–H groups in total. The van der Waals surface area contributed by atoms with E-state index in [1.54, 1.807) is 17.1 Å². The predicted octanol–water partition coefficient (Wildman–Crippen LogP) is 5.23. The lowest BCUT2D eigenvalue weighted by Gasteiger charge is -2.23. The van der Waals surface area contributed by atoms with Crippen molar-refractivity contribution in [2.45, 2.75) is 32.0 Å². The first-order valence-corrected chi connectivity index (χ1v) is 10.3. The SMILES string of the molecule is O=C(Nc1c[nH]c2ccc(-c3cnn(Cc4ccc(C(F)(F)F)cn4)c3)cc12)C1CCC1. The number of nitrogens with zero attached hydrogens (tertiary/aromatic N) is 3. The van der Waals surface area contributed by atoms with Crippen molar-refractivity contribution in [3.8, 4) is 11.1 Å². The number of aromatic nitrogens is 4. The van der Waals surface area contributed by atoms with E-state index >= 15 is 0 Å². The van der Waals surface area contributed by atoms with Gasteiger partial charge in [-0.25, -0.2) is 0 Å². The highest BCUT2D eigenvalue weighted by Gasteiger charge is 2.30. The second-order valence-electron chi connectivity index (χ2n) is 8.04. The van der Waals surface area contributed by atoms with E-state index in [1.807, 2.05) is 24.4 Å². The second kappa shape index (κ2) is 7.81. The van der Waals surface area contributed by atoms with Crippen LogP contribution in [0.2, 0.25) is 0 Å². The molecule has 1 saturated carbocycles. The normalized spacial score (nSPS) is 14.5. The number of halogens is 3. The highest BCUT2D eigenvalue weighted by Crippen LogP contribution is 2.32. The number of aromatic amines is 1. The summed E-state index contributed by atoms with van der Waals surface area (Å²) in [7, 11) is 0. The van der Waals surface area contributed by atoms with Crippen LogP contribution in [0.15, 0.2) is 55.1 Å². The largest absolute Gasteiger partial charge is 0.417 e. The fraction of sp³-hybridized carbons (Fsp3) is 0.261. The van der Waals surface area contributed by atoms with Gasteiger partial charge in [0.15, 0.2) is 0 Å². The van der Waals surface area contributed by atoms with Crippen molar-refractivity contribution in [2.24, 2.45) is 5.92 Å². The first-order chi connectivity index (χ1) is 15.4. The lowest BCUT2D eigenvalue weighted by molar-refractivity contribution is -0.137. The highest BCUT2D eigenvalue weighted by atomic mass is 19.4. The smallest absolute Gasteiger partial charge is 0.359 e. The predicted molar refractivity (Wildman–Crippen MR) is 114 cm³/mol. The Labute approximate surface area is 181 Å². The monoisotopic (exact) mass is 439 g/mol. The Balaban J connectivity index is 1.34. The van der Waals surface area contributed by atoms with Gasteiger partial charge < -0.3 is 10.3 Å². The number of nitrogens with one attached hydrogen (secondary N) is 2. The molecule has 5 rings (SSSR count). The molecule has 164 valence electrons. The summed E-state index contributed by atoms with van der Waals surface area (Å²) in [5.74, 6) is 0.152. The molecule has 0 aliphatic heterocycles. The fourth-order valence-corrected chi connectivity index (χ4v) is 3.76. The van der Waals surface area contributed by atoms with Gasteiger partial charge in [-0.3, -0.25) is 14.5 Å². The average molecular weight is 439 g/mol. The topological polar surface area (TPSA) is 75.6 Å². The van der Waals surface area contributed by atoms with Crippen molar-refractivity contribution < 1.29 is 18.0 Å². The molecule has 1 amide bonds. The minimum Gasteiger partial charge on any atom is -0.359 e. The van der Waals surface area contributed by atoms with Crippen LogP contribution in [0, 0.1) is 5.92 Å². The molecular formula is C23H20F3N5O. The number of amides is 1. The zero-order chi connectivity index (χ0) is 22.3. The summed E-state index contributed by atoms with van der Waals surface area (Å²) in [6, 6.07) is 8.26. The summed E-state index contributed by atoms with van der Waals surface area (Å²) < 4.78 is 39.7. The van der Waals surface area contributed by atoms with Crippen molar-refractivity contribution in [2.75, 3.05) is 5.32 Å². The standard InChI is InChI=1S/C23H20F3N5O/c24-23(25,26)17-5-6-18(27-10-17)13-31-12-16(9-29-31)15-4-7-20-19(8-15)21(11-28-20)30-22(32)14-2-1-3-14/h4-12,14,28H,1-3,13H2,(H,30,32). The van der Waals surface area contributed by atoms with Gasteiger partial charge in [0.25, 0.3) is 0 Å². The van der Waals surface area contributed by atoms with E-state index in [9.17, 15) is 18.0 Å². The lowest BCUT2D eigenvalue weighted by atomic mass is 9.85. The maximum Gasteiger partial charge on any atom is 0.417 e. The third kappa shape index (κ3) is 3.98. The Morgan fingerprint density at radius 3 is 2.69 bits per heavy atom. The van der Waals surface area contributed by atoms with Crippen LogP contribution in [0.5, 0.6) is 0 Å². The first kappa shape index (κ1) is 20.3. The van der Waals surface area contributed by atoms with Gasteiger partial charge in [-0.2, -0.15) is 18.3 Å². The highest BCUT2D eigenvalue weighted by molar-refractivity contribution is 6.03. The molecule has 0 bridgehead atoms. The molecule has 0 spiro atoms. The van der Waals surface area contributed by atoms with E-state index in [1.165, 1.54) is 6.07 Å². The number of H-pyrrole nitrogens is 1. The Bertz CT molecular complexity index is 1270. The number of carbonyl (C=O) groups excluding carboxylic acids is 1. The van der Waals surface area contributed by atoms with E-state index in [0.717, 1.165) is 59.2 Å². The van der Waals surface area contributed by atoms with Crippen molar-refractivity contribution in [1.82, 2.24) is 19.7 Å². The number of rotatable bonds is 5. The quantitative estimate of drug-likeness (QED) is 0.447. The van der Waals surface area contributed by atoms with E-state index in [2.05, 4.69) is 20.4 Å². The molecule has 1 aliphatic rings. The first-order valence-electron chi connectivity index (χ1n) is 10.3. The second-order valence-corrected chi connectivity index (χ2v) is 8.04. The van der Waals surface area contributed by atoms with Gasteiger partial charge >= 0.3 is 6.18 Å². The summed E-state index contributed by atoms with van der Waals surface area (Å²) in [5.41, 5.74) is 3.15. The van der Waals surface area contributed by atoms with Crippen LogP contribution in [-0.2, 0) is 17.5 Å². The van der Waals surface area contributed by atoms with Gasteiger partial charge in [-0.1, -0.05) is 12.5 Å². The van der Waals surface area contributed by atoms with Gasteiger partial charge in [0, 0.05) is 41.0 Å². The Morgan fingerprint density at radius 1 is 1.16 bits per heavy atom. The average Bonchev–Trinajstić information content (AvgIpc) is 3.33. The Hall–Kier alpha value is -3.62. The van der Waals surface area contributed by atoms with Crippen LogP contribution in [0.3, 0.4) is 0 Å². The van der Waals surface area contributed by atoms with E-state index in [0.29, 0.717) is 5.69 Å². The molecule has 1 aromatic carbocycles. The number of carbonyl (C=O) groups is 1. The molecule has 32 heavy (non-hydrogen) atoms. The van der Waals surface area contributed by atoms with Crippen LogP contribution < -0.4 is 5.32 Å². The van der Waals surface area contributed by atoms with Gasteiger partial charge in [0.1, 0.15) is 0 Å². The molecule has 0 atom stereocenters. The third-order valence-corrected chi connectivity index (χ3v) is 5.86. The fourth-order valence-electron chi connectivity index (χ4n) is 3.76. The van der Waals surface area contributed by atoms with Gasteiger partial charge in [-0.05, 0) is 42.7 Å². The Morgan fingerprint density at radius 2 is 2.00 bits per heavy atom. The van der Waals surface area contributed by atoms with Crippen LogP contribution >= 0.6 is 0 Å². The molecule has 3 heterocycles. The van der Waals surface area contributed by atoms with Crippen LogP contribution in [0.25, 0.3) is 22.0 Å². The minimum atomic E-state index is -4.41. The summed E-state index contributed by atoms with van der Waals surface area (Å²) in [6.07, 6.45) is 4.71. The van der Waals surface area contributed by atoms with Gasteiger partial charge in [0.05, 0.1) is 29.7 Å². The van der Waals surface area contributed by atoms with Crippen molar-refractivity contribution in [3.05, 3.63) is 66.4 Å². The molecular weight excluding hydrogens is 419 g/mol. The molecule has 6 nitrogen and oxygen atoms in total. The van der Waals surface area contributed by atoms with Crippen molar-refractivity contribution in [3.63, 3.8) is 0 Å². The van der Waals surface area contributed by atoms with Gasteiger partial charge in [-0.15, -0.1) is 0 Å². The molecule has 9 heteroatoms. The number of alkyl halides is 3. The number of benzene rings is 1. The molecule has 0 radical (unpaired) electrons. The number of hydrogen-bond acceptors (Lipinski definition) is 3. The summed E-state index contributed by atoms with van der Waals surface area (Å²) in [5, 5.41) is 8.25. The summed E-state index contributed by atoms with van der Waals surface area (Å²) in [4.78, 5) is 19.4. The number of anilines is 1. The maximum absolute atomic E-state index is 12.7. The summed E-state index contributed by atoms with van der Waals surface area (Å²) in [6.45, 7) is 0.257. The van der Waals surface area contributed by atoms with Gasteiger partial charge in [0.2, 0.25) is 5.91 Å². The summed E-state index contributed by atoms with van der Waals surface area (Å²) >= 11 is 0.